The Labute approximate surface area is 183 Å². The van der Waals surface area contributed by atoms with E-state index >= 15 is 0 Å². The lowest BCUT2D eigenvalue weighted by Crippen LogP contribution is -2.31. The van der Waals surface area contributed by atoms with Gasteiger partial charge in [-0.2, -0.15) is 22.6 Å². The molecule has 0 spiro atoms. The summed E-state index contributed by atoms with van der Waals surface area (Å²) in [6, 6.07) is 5.76. The molecule has 7 nitrogen and oxygen atoms in total. The van der Waals surface area contributed by atoms with Crippen LogP contribution in [0.5, 0.6) is 0 Å². The molecule has 1 amide bonds. The van der Waals surface area contributed by atoms with E-state index in [4.69, 9.17) is 0 Å². The number of amides is 1. The number of rotatable bonds is 3. The third-order valence-corrected chi connectivity index (χ3v) is 8.23. The number of sulfonamides is 1. The molecule has 1 saturated heterocycles. The average molecular weight is 469 g/mol. The van der Waals surface area contributed by atoms with E-state index in [-0.39, 0.29) is 42.4 Å². The van der Waals surface area contributed by atoms with Crippen molar-refractivity contribution < 1.29 is 26.4 Å². The second kappa shape index (κ2) is 7.31. The summed E-state index contributed by atoms with van der Waals surface area (Å²) >= 11 is 0. The molecule has 172 valence electrons. The normalized spacial score (nSPS) is 25.9. The van der Waals surface area contributed by atoms with Gasteiger partial charge in [0, 0.05) is 25.2 Å². The number of carbonyl (C=O) groups is 1. The second-order valence-electron chi connectivity index (χ2n) is 9.04. The van der Waals surface area contributed by atoms with Crippen LogP contribution in [0.15, 0.2) is 24.3 Å². The molecule has 3 heterocycles. The summed E-state index contributed by atoms with van der Waals surface area (Å²) in [7, 11) is -3.38. The summed E-state index contributed by atoms with van der Waals surface area (Å²) < 4.78 is 65.2. The lowest BCUT2D eigenvalue weighted by atomic mass is 9.91. The maximum atomic E-state index is 13.4. The van der Waals surface area contributed by atoms with Gasteiger partial charge in [-0.25, -0.2) is 8.42 Å². The van der Waals surface area contributed by atoms with Gasteiger partial charge in [0.25, 0.3) is 5.91 Å². The van der Waals surface area contributed by atoms with Crippen molar-refractivity contribution in [2.45, 2.75) is 38.0 Å². The predicted molar refractivity (Wildman–Crippen MR) is 109 cm³/mol. The van der Waals surface area contributed by atoms with Crippen LogP contribution in [0, 0.1) is 11.8 Å². The van der Waals surface area contributed by atoms with Gasteiger partial charge in [0.1, 0.15) is 0 Å². The fourth-order valence-corrected chi connectivity index (χ4v) is 6.23. The Hall–Kier alpha value is -2.40. The maximum absolute atomic E-state index is 13.4. The first-order valence-electron chi connectivity index (χ1n) is 10.5. The predicted octanol–water partition coefficient (Wildman–Crippen LogP) is 2.97. The van der Waals surface area contributed by atoms with E-state index in [0.717, 1.165) is 12.3 Å². The van der Waals surface area contributed by atoms with Crippen LogP contribution in [0.1, 0.15) is 51.6 Å². The number of likely N-dealkylation sites (tertiary alicyclic amines) is 1. The van der Waals surface area contributed by atoms with Gasteiger partial charge in [0.2, 0.25) is 10.0 Å². The quantitative estimate of drug-likeness (QED) is 0.751. The molecule has 32 heavy (non-hydrogen) atoms. The highest BCUT2D eigenvalue weighted by atomic mass is 32.2. The fourth-order valence-electron chi connectivity index (χ4n) is 5.50. The van der Waals surface area contributed by atoms with Crippen molar-refractivity contribution in [1.29, 1.82) is 0 Å². The van der Waals surface area contributed by atoms with E-state index < -0.39 is 21.8 Å². The third-order valence-electron chi connectivity index (χ3n) is 7.04. The molecule has 2 aliphatic heterocycles. The van der Waals surface area contributed by atoms with Crippen molar-refractivity contribution in [2.24, 2.45) is 11.8 Å². The van der Waals surface area contributed by atoms with E-state index in [1.807, 2.05) is 0 Å². The number of H-pyrrole nitrogens is 1. The van der Waals surface area contributed by atoms with Crippen LogP contribution in [-0.4, -0.2) is 53.1 Å². The smallest absolute Gasteiger partial charge is 0.337 e. The Balaban J connectivity index is 1.29. The van der Waals surface area contributed by atoms with E-state index in [1.165, 1.54) is 10.4 Å². The Bertz CT molecular complexity index is 1160. The number of alkyl halides is 3. The molecule has 0 bridgehead atoms. The van der Waals surface area contributed by atoms with Crippen LogP contribution in [0.3, 0.4) is 0 Å². The molecule has 2 fully saturated rings. The summed E-state index contributed by atoms with van der Waals surface area (Å²) in [6.45, 7) is 1.24. The van der Waals surface area contributed by atoms with Crippen LogP contribution >= 0.6 is 0 Å². The highest BCUT2D eigenvalue weighted by molar-refractivity contribution is 7.88. The van der Waals surface area contributed by atoms with E-state index in [0.29, 0.717) is 42.8 Å². The zero-order chi connectivity index (χ0) is 22.8. The van der Waals surface area contributed by atoms with Gasteiger partial charge < -0.3 is 4.90 Å². The van der Waals surface area contributed by atoms with Gasteiger partial charge in [0.05, 0.1) is 24.1 Å². The van der Waals surface area contributed by atoms with Gasteiger partial charge in [-0.05, 0) is 42.2 Å². The number of aromatic nitrogens is 2. The molecule has 3 aliphatic rings. The summed E-state index contributed by atoms with van der Waals surface area (Å²) in [4.78, 5) is 14.8. The minimum Gasteiger partial charge on any atom is -0.337 e. The Morgan fingerprint density at radius 2 is 1.78 bits per heavy atom. The average Bonchev–Trinajstić information content (AvgIpc) is 3.44. The molecular formula is C21H23F3N4O3S. The van der Waals surface area contributed by atoms with Crippen molar-refractivity contribution in [3.8, 4) is 0 Å². The molecule has 11 heteroatoms. The summed E-state index contributed by atoms with van der Waals surface area (Å²) in [5.74, 6) is -0.132. The summed E-state index contributed by atoms with van der Waals surface area (Å²) in [5, 5.41) is 6.91. The van der Waals surface area contributed by atoms with Gasteiger partial charge in [-0.15, -0.1) is 0 Å². The summed E-state index contributed by atoms with van der Waals surface area (Å²) in [5.41, 5.74) is 1.25. The topological polar surface area (TPSA) is 86.4 Å². The first kappa shape index (κ1) is 21.4. The second-order valence-corrected chi connectivity index (χ2v) is 11.0. The molecular weight excluding hydrogens is 445 g/mol. The highest BCUT2D eigenvalue weighted by Gasteiger charge is 2.46. The molecule has 0 radical (unpaired) electrons. The molecule has 0 unspecified atom stereocenters. The van der Waals surface area contributed by atoms with Gasteiger partial charge in [0.15, 0.2) is 5.69 Å². The van der Waals surface area contributed by atoms with Crippen molar-refractivity contribution in [3.05, 3.63) is 52.3 Å². The molecule has 1 aliphatic carbocycles. The lowest BCUT2D eigenvalue weighted by molar-refractivity contribution is -0.138. The maximum Gasteiger partial charge on any atom is 0.416 e. The number of hydrogen-bond donors (Lipinski definition) is 1. The van der Waals surface area contributed by atoms with E-state index in [9.17, 15) is 26.4 Å². The number of carbonyl (C=O) groups excluding carboxylic acids is 1. The largest absolute Gasteiger partial charge is 0.416 e. The Kier molecular flexibility index (Phi) is 4.90. The number of fused-ring (bicyclic) bond motifs is 2. The van der Waals surface area contributed by atoms with Gasteiger partial charge in [-0.3, -0.25) is 9.89 Å². The standard InChI is InChI=1S/C21H23F3N4O3S/c1-32(30,31)28-10-16-18(11-28)25-26-19(16)20(29)27-8-13-6-12(7-14(13)9-27)15-4-2-3-5-17(15)21(22,23)24/h2-5,12-14H,6-11H2,1H3,(H,25,26)/t12-,13-,14+. The van der Waals surface area contributed by atoms with Crippen molar-refractivity contribution in [3.63, 3.8) is 0 Å². The number of halogens is 3. The minimum atomic E-state index is -4.38. The number of nitrogens with one attached hydrogen (secondary N) is 1. The van der Waals surface area contributed by atoms with Gasteiger partial charge >= 0.3 is 6.18 Å². The SMILES string of the molecule is CS(=O)(=O)N1Cc2[nH]nc(C(=O)N3C[C@H]4C[C@@H](c5ccccc5C(F)(F)F)C[C@H]4C3)c2C1. The Morgan fingerprint density at radius 1 is 1.12 bits per heavy atom. The first-order valence-corrected chi connectivity index (χ1v) is 12.3. The molecule has 3 atom stereocenters. The number of nitrogens with zero attached hydrogens (tertiary/aromatic N) is 3. The van der Waals surface area contributed by atoms with Crippen molar-refractivity contribution in [1.82, 2.24) is 19.4 Å². The van der Waals surface area contributed by atoms with Crippen LogP contribution < -0.4 is 0 Å². The number of aromatic amines is 1. The lowest BCUT2D eigenvalue weighted by Gasteiger charge is -2.21. The molecule has 2 aromatic rings. The molecule has 1 saturated carbocycles. The molecule has 1 N–H and O–H groups in total. The zero-order valence-corrected chi connectivity index (χ0v) is 18.2. The number of hydrogen-bond acceptors (Lipinski definition) is 4. The molecule has 5 rings (SSSR count). The first-order chi connectivity index (χ1) is 15.0. The van der Waals surface area contributed by atoms with E-state index in [2.05, 4.69) is 10.2 Å². The summed E-state index contributed by atoms with van der Waals surface area (Å²) in [6.07, 6.45) is -2.02. The third kappa shape index (κ3) is 3.61. The van der Waals surface area contributed by atoms with E-state index in [1.54, 1.807) is 17.0 Å². The van der Waals surface area contributed by atoms with Crippen molar-refractivity contribution >= 4 is 15.9 Å². The fraction of sp³-hybridized carbons (Fsp3) is 0.524. The van der Waals surface area contributed by atoms with Crippen LogP contribution in [0.4, 0.5) is 13.2 Å². The minimum absolute atomic E-state index is 0.114. The van der Waals surface area contributed by atoms with Crippen LogP contribution in [0.2, 0.25) is 0 Å². The van der Waals surface area contributed by atoms with Crippen LogP contribution in [0.25, 0.3) is 0 Å². The monoisotopic (exact) mass is 468 g/mol. The molecule has 1 aromatic carbocycles. The zero-order valence-electron chi connectivity index (χ0n) is 17.4. The molecule has 1 aromatic heterocycles. The van der Waals surface area contributed by atoms with Gasteiger partial charge in [-0.1, -0.05) is 18.2 Å². The van der Waals surface area contributed by atoms with Crippen LogP contribution in [-0.2, 0) is 29.3 Å². The van der Waals surface area contributed by atoms with Crippen molar-refractivity contribution in [2.75, 3.05) is 19.3 Å². The number of benzene rings is 1. The highest BCUT2D eigenvalue weighted by Crippen LogP contribution is 2.49. The Morgan fingerprint density at radius 3 is 2.41 bits per heavy atom.